The Bertz CT molecular complexity index is 497. The monoisotopic (exact) mass is 267 g/mol. The van der Waals surface area contributed by atoms with Crippen molar-refractivity contribution in [2.75, 3.05) is 18.0 Å². The van der Waals surface area contributed by atoms with Crippen LogP contribution in [0.5, 0.6) is 0 Å². The van der Waals surface area contributed by atoms with Gasteiger partial charge in [0.15, 0.2) is 5.82 Å². The fraction of sp³-hybridized carbons (Fsp3) is 0.692. The molecule has 2 fully saturated rings. The molecule has 0 spiro atoms. The van der Waals surface area contributed by atoms with Gasteiger partial charge >= 0.3 is 0 Å². The number of piperidine rings is 1. The highest BCUT2D eigenvalue weighted by Crippen LogP contribution is 2.33. The molecular weight excluding hydrogens is 250 g/mol. The lowest BCUT2D eigenvalue weighted by Crippen LogP contribution is -2.44. The lowest BCUT2D eigenvalue weighted by atomic mass is 9.99. The maximum Gasteiger partial charge on any atom is 0.293 e. The largest absolute Gasteiger partial charge is 0.351 e. The number of aromatic nitrogens is 2. The lowest BCUT2D eigenvalue weighted by Gasteiger charge is -2.34. The molecule has 2 heterocycles. The normalized spacial score (nSPS) is 28.4. The number of nitrogens with zero attached hydrogens (tertiary/aromatic N) is 3. The molecule has 1 aromatic rings. The highest BCUT2D eigenvalue weighted by Gasteiger charge is 2.29. The van der Waals surface area contributed by atoms with E-state index in [1.165, 1.54) is 0 Å². The first-order valence-corrected chi connectivity index (χ1v) is 7.06. The summed E-state index contributed by atoms with van der Waals surface area (Å²) < 4.78 is 1.82. The van der Waals surface area contributed by atoms with Gasteiger partial charge in [-0.2, -0.15) is 0 Å². The van der Waals surface area contributed by atoms with Gasteiger partial charge in [-0.05, 0) is 25.2 Å². The van der Waals surface area contributed by atoms with E-state index in [1.54, 1.807) is 12.4 Å². The molecule has 98 valence electrons. The summed E-state index contributed by atoms with van der Waals surface area (Å²) in [5.41, 5.74) is 0.0402. The van der Waals surface area contributed by atoms with Gasteiger partial charge in [0.1, 0.15) is 0 Å². The second kappa shape index (κ2) is 4.57. The van der Waals surface area contributed by atoms with Crippen LogP contribution in [0, 0.1) is 5.92 Å². The van der Waals surface area contributed by atoms with Crippen molar-refractivity contribution in [3.05, 3.63) is 22.7 Å². The van der Waals surface area contributed by atoms with Crippen LogP contribution < -0.4 is 10.5 Å². The maximum absolute atomic E-state index is 12.4. The van der Waals surface area contributed by atoms with Crippen LogP contribution in [-0.2, 0) is 0 Å². The molecule has 4 nitrogen and oxygen atoms in total. The number of rotatable bonds is 2. The molecule has 0 N–H and O–H groups in total. The van der Waals surface area contributed by atoms with Gasteiger partial charge < -0.3 is 9.47 Å². The molecule has 2 unspecified atom stereocenters. The first-order valence-electron chi connectivity index (χ1n) is 6.63. The van der Waals surface area contributed by atoms with Gasteiger partial charge in [-0.3, -0.25) is 4.79 Å². The Kier molecular flexibility index (Phi) is 3.06. The summed E-state index contributed by atoms with van der Waals surface area (Å²) in [5, 5.41) is 0.106. The molecule has 18 heavy (non-hydrogen) atoms. The standard InChI is InChI=1S/C13H18ClN3O/c1-9-4-6-16(8-11(9)14)12-13(18)17(7-5-15-12)10-2-3-10/h5,7,9-11H,2-4,6,8H2,1H3. The van der Waals surface area contributed by atoms with Crippen molar-refractivity contribution >= 4 is 17.4 Å². The predicted molar refractivity (Wildman–Crippen MR) is 72.4 cm³/mol. The number of alkyl halides is 1. The number of hydrogen-bond acceptors (Lipinski definition) is 3. The van der Waals surface area contributed by atoms with E-state index in [0.29, 0.717) is 17.8 Å². The molecule has 5 heteroatoms. The van der Waals surface area contributed by atoms with Gasteiger partial charge in [-0.1, -0.05) is 6.92 Å². The van der Waals surface area contributed by atoms with E-state index in [9.17, 15) is 4.79 Å². The van der Waals surface area contributed by atoms with Crippen molar-refractivity contribution in [2.45, 2.75) is 37.6 Å². The van der Waals surface area contributed by atoms with Crippen molar-refractivity contribution in [1.29, 1.82) is 0 Å². The average Bonchev–Trinajstić information content (AvgIpc) is 3.17. The van der Waals surface area contributed by atoms with Gasteiger partial charge in [-0.15, -0.1) is 11.6 Å². The van der Waals surface area contributed by atoms with Crippen molar-refractivity contribution in [3.8, 4) is 0 Å². The Labute approximate surface area is 112 Å². The number of anilines is 1. The van der Waals surface area contributed by atoms with Crippen LogP contribution in [-0.4, -0.2) is 28.0 Å². The Morgan fingerprint density at radius 3 is 2.83 bits per heavy atom. The third-order valence-electron chi connectivity index (χ3n) is 3.96. The van der Waals surface area contributed by atoms with Crippen molar-refractivity contribution < 1.29 is 0 Å². The molecule has 0 amide bonds. The fourth-order valence-corrected chi connectivity index (χ4v) is 2.78. The number of halogens is 1. The zero-order chi connectivity index (χ0) is 12.7. The molecule has 1 aliphatic heterocycles. The van der Waals surface area contributed by atoms with Gasteiger partial charge in [0, 0.05) is 31.5 Å². The van der Waals surface area contributed by atoms with Gasteiger partial charge in [-0.25, -0.2) is 4.98 Å². The predicted octanol–water partition coefficient (Wildman–Crippen LogP) is 2.03. The summed E-state index contributed by atoms with van der Waals surface area (Å²) in [6.07, 6.45) is 6.77. The molecule has 0 bridgehead atoms. The minimum Gasteiger partial charge on any atom is -0.351 e. The Balaban J connectivity index is 1.88. The average molecular weight is 268 g/mol. The molecule has 2 aliphatic rings. The van der Waals surface area contributed by atoms with E-state index in [1.807, 2.05) is 9.47 Å². The van der Waals surface area contributed by atoms with Crippen LogP contribution in [0.4, 0.5) is 5.82 Å². The summed E-state index contributed by atoms with van der Waals surface area (Å²) >= 11 is 6.30. The van der Waals surface area contributed by atoms with E-state index >= 15 is 0 Å². The number of hydrogen-bond donors (Lipinski definition) is 0. The second-order valence-electron chi connectivity index (χ2n) is 5.42. The second-order valence-corrected chi connectivity index (χ2v) is 5.98. The van der Waals surface area contributed by atoms with Crippen molar-refractivity contribution in [1.82, 2.24) is 9.55 Å². The Morgan fingerprint density at radius 2 is 2.17 bits per heavy atom. The molecule has 1 saturated heterocycles. The summed E-state index contributed by atoms with van der Waals surface area (Å²) in [5.74, 6) is 1.08. The molecule has 2 atom stereocenters. The third kappa shape index (κ3) is 2.14. The first kappa shape index (κ1) is 12.0. The van der Waals surface area contributed by atoms with E-state index < -0.39 is 0 Å². The van der Waals surface area contributed by atoms with E-state index in [4.69, 9.17) is 11.6 Å². The molecule has 1 aliphatic carbocycles. The van der Waals surface area contributed by atoms with Gasteiger partial charge in [0.05, 0.1) is 5.38 Å². The zero-order valence-electron chi connectivity index (χ0n) is 10.6. The lowest BCUT2D eigenvalue weighted by molar-refractivity contribution is 0.442. The summed E-state index contributed by atoms with van der Waals surface area (Å²) in [6, 6.07) is 0.398. The SMILES string of the molecule is CC1CCN(c2nccn(C3CC3)c2=O)CC1Cl. The quantitative estimate of drug-likeness (QED) is 0.770. The van der Waals surface area contributed by atoms with E-state index in [-0.39, 0.29) is 10.9 Å². The van der Waals surface area contributed by atoms with Crippen molar-refractivity contribution in [3.63, 3.8) is 0 Å². The molecule has 1 saturated carbocycles. The Hall–Kier alpha value is -1.03. The molecule has 0 aromatic carbocycles. The Morgan fingerprint density at radius 1 is 1.39 bits per heavy atom. The van der Waals surface area contributed by atoms with E-state index in [2.05, 4.69) is 11.9 Å². The summed E-state index contributed by atoms with van der Waals surface area (Å²) in [4.78, 5) is 18.7. The van der Waals surface area contributed by atoms with Crippen LogP contribution in [0.1, 0.15) is 32.2 Å². The van der Waals surface area contributed by atoms with Crippen LogP contribution in [0.3, 0.4) is 0 Å². The van der Waals surface area contributed by atoms with Crippen molar-refractivity contribution in [2.24, 2.45) is 5.92 Å². The maximum atomic E-state index is 12.4. The summed E-state index contributed by atoms with van der Waals surface area (Å²) in [7, 11) is 0. The molecule has 3 rings (SSSR count). The molecular formula is C13H18ClN3O. The van der Waals surface area contributed by atoms with Crippen LogP contribution in [0.25, 0.3) is 0 Å². The molecule has 1 aromatic heterocycles. The molecule has 0 radical (unpaired) electrons. The third-order valence-corrected chi connectivity index (χ3v) is 4.52. The minimum absolute atomic E-state index is 0.0402. The highest BCUT2D eigenvalue weighted by atomic mass is 35.5. The van der Waals surface area contributed by atoms with Gasteiger partial charge in [0.2, 0.25) is 0 Å². The minimum atomic E-state index is 0.0402. The smallest absolute Gasteiger partial charge is 0.293 e. The van der Waals surface area contributed by atoms with Crippen LogP contribution in [0.15, 0.2) is 17.2 Å². The summed E-state index contributed by atoms with van der Waals surface area (Å²) in [6.45, 7) is 3.76. The topological polar surface area (TPSA) is 38.1 Å². The van der Waals surface area contributed by atoms with E-state index in [0.717, 1.165) is 32.4 Å². The van der Waals surface area contributed by atoms with Crippen LogP contribution in [0.2, 0.25) is 0 Å². The first-order chi connectivity index (χ1) is 8.66. The van der Waals surface area contributed by atoms with Crippen LogP contribution >= 0.6 is 11.6 Å². The fourth-order valence-electron chi connectivity index (χ4n) is 2.49. The van der Waals surface area contributed by atoms with Gasteiger partial charge in [0.25, 0.3) is 5.56 Å². The highest BCUT2D eigenvalue weighted by molar-refractivity contribution is 6.21. The zero-order valence-corrected chi connectivity index (χ0v) is 11.3.